The van der Waals surface area contributed by atoms with E-state index < -0.39 is 11.9 Å². The molecule has 1 saturated heterocycles. The molecule has 0 saturated carbocycles. The van der Waals surface area contributed by atoms with E-state index >= 15 is 0 Å². The molecule has 0 bridgehead atoms. The molecule has 0 spiro atoms. The molecule has 2 atom stereocenters. The molecule has 0 aliphatic carbocycles. The van der Waals surface area contributed by atoms with Crippen LogP contribution in [0.3, 0.4) is 0 Å². The number of carbonyl (C=O) groups excluding carboxylic acids is 1. The minimum absolute atomic E-state index is 0.0145. The molecule has 2 N–H and O–H groups in total. The van der Waals surface area contributed by atoms with Crippen molar-refractivity contribution in [3.05, 3.63) is 35.9 Å². The molecule has 2 unspecified atom stereocenters. The Bertz CT molecular complexity index is 457. The molecule has 1 amide bonds. The highest BCUT2D eigenvalue weighted by Crippen LogP contribution is 2.23. The standard InChI is InChI=1S/C15H19NO3S/c17-14(12-7-4-8-20-10-12)16-9-13(15(18)19)11-5-2-1-3-6-11/h1-3,5-6,12-13H,4,7-10H2,(H,16,17)(H,18,19). The third kappa shape index (κ3) is 4.00. The Morgan fingerprint density at radius 1 is 1.35 bits per heavy atom. The van der Waals surface area contributed by atoms with Crippen molar-refractivity contribution >= 4 is 23.6 Å². The first-order chi connectivity index (χ1) is 9.68. The monoisotopic (exact) mass is 293 g/mol. The summed E-state index contributed by atoms with van der Waals surface area (Å²) in [6.07, 6.45) is 1.96. The lowest BCUT2D eigenvalue weighted by Crippen LogP contribution is -2.37. The van der Waals surface area contributed by atoms with Gasteiger partial charge in [0.05, 0.1) is 5.92 Å². The zero-order valence-corrected chi connectivity index (χ0v) is 12.1. The Hall–Kier alpha value is -1.49. The number of rotatable bonds is 5. The fourth-order valence-electron chi connectivity index (χ4n) is 2.33. The number of carbonyl (C=O) groups is 2. The van der Waals surface area contributed by atoms with Crippen LogP contribution in [0.1, 0.15) is 24.3 Å². The fourth-order valence-corrected chi connectivity index (χ4v) is 3.47. The largest absolute Gasteiger partial charge is 0.481 e. The Labute approximate surface area is 123 Å². The van der Waals surface area contributed by atoms with E-state index in [4.69, 9.17) is 0 Å². The molecule has 0 aromatic heterocycles. The van der Waals surface area contributed by atoms with Crippen LogP contribution in [-0.4, -0.2) is 35.0 Å². The maximum Gasteiger partial charge on any atom is 0.312 e. The first-order valence-electron chi connectivity index (χ1n) is 6.81. The first kappa shape index (κ1) is 14.9. The number of hydrogen-bond donors (Lipinski definition) is 2. The second-order valence-electron chi connectivity index (χ2n) is 4.96. The minimum atomic E-state index is -0.908. The molecule has 0 radical (unpaired) electrons. The number of hydrogen-bond acceptors (Lipinski definition) is 3. The fraction of sp³-hybridized carbons (Fsp3) is 0.467. The average molecular weight is 293 g/mol. The highest BCUT2D eigenvalue weighted by atomic mass is 32.2. The molecule has 2 rings (SSSR count). The predicted molar refractivity (Wildman–Crippen MR) is 79.9 cm³/mol. The van der Waals surface area contributed by atoms with Crippen LogP contribution in [0.5, 0.6) is 0 Å². The Morgan fingerprint density at radius 3 is 2.70 bits per heavy atom. The zero-order valence-electron chi connectivity index (χ0n) is 11.2. The van der Waals surface area contributed by atoms with Crippen LogP contribution in [0.4, 0.5) is 0 Å². The van der Waals surface area contributed by atoms with Gasteiger partial charge in [-0.2, -0.15) is 11.8 Å². The lowest BCUT2D eigenvalue weighted by atomic mass is 9.98. The Morgan fingerprint density at radius 2 is 2.10 bits per heavy atom. The smallest absolute Gasteiger partial charge is 0.312 e. The van der Waals surface area contributed by atoms with E-state index in [1.54, 1.807) is 23.9 Å². The topological polar surface area (TPSA) is 66.4 Å². The molecule has 20 heavy (non-hydrogen) atoms. The summed E-state index contributed by atoms with van der Waals surface area (Å²) in [4.78, 5) is 23.4. The molecule has 1 heterocycles. The molecule has 1 fully saturated rings. The maximum absolute atomic E-state index is 12.0. The molecule has 108 valence electrons. The van der Waals surface area contributed by atoms with Crippen LogP contribution in [0, 0.1) is 5.92 Å². The predicted octanol–water partition coefficient (Wildman–Crippen LogP) is 2.11. The number of nitrogens with one attached hydrogen (secondary N) is 1. The van der Waals surface area contributed by atoms with Crippen LogP contribution < -0.4 is 5.32 Å². The van der Waals surface area contributed by atoms with E-state index in [1.165, 1.54) is 0 Å². The molecule has 5 heteroatoms. The van der Waals surface area contributed by atoms with Gasteiger partial charge in [0.15, 0.2) is 0 Å². The zero-order chi connectivity index (χ0) is 14.4. The van der Waals surface area contributed by atoms with Gasteiger partial charge in [0.1, 0.15) is 0 Å². The van der Waals surface area contributed by atoms with Crippen molar-refractivity contribution in [1.82, 2.24) is 5.32 Å². The Balaban J connectivity index is 1.92. The lowest BCUT2D eigenvalue weighted by molar-refractivity contribution is -0.138. The van der Waals surface area contributed by atoms with E-state index in [1.807, 2.05) is 18.2 Å². The molecule has 1 aliphatic heterocycles. The van der Waals surface area contributed by atoms with Gasteiger partial charge < -0.3 is 10.4 Å². The average Bonchev–Trinajstić information content (AvgIpc) is 2.49. The van der Waals surface area contributed by atoms with Crippen molar-refractivity contribution in [2.24, 2.45) is 5.92 Å². The van der Waals surface area contributed by atoms with Crippen molar-refractivity contribution in [3.63, 3.8) is 0 Å². The summed E-state index contributed by atoms with van der Waals surface area (Å²) in [6.45, 7) is 0.152. The number of carboxylic acids is 1. The van der Waals surface area contributed by atoms with E-state index in [0.29, 0.717) is 0 Å². The van der Waals surface area contributed by atoms with Gasteiger partial charge >= 0.3 is 5.97 Å². The van der Waals surface area contributed by atoms with Gasteiger partial charge in [0.2, 0.25) is 5.91 Å². The van der Waals surface area contributed by atoms with Crippen molar-refractivity contribution in [3.8, 4) is 0 Å². The molecule has 1 aliphatic rings. The van der Waals surface area contributed by atoms with Gasteiger partial charge in [-0.3, -0.25) is 9.59 Å². The van der Waals surface area contributed by atoms with E-state index in [2.05, 4.69) is 5.32 Å². The van der Waals surface area contributed by atoms with Crippen molar-refractivity contribution < 1.29 is 14.7 Å². The van der Waals surface area contributed by atoms with Crippen molar-refractivity contribution in [2.45, 2.75) is 18.8 Å². The van der Waals surface area contributed by atoms with E-state index in [0.717, 1.165) is 29.9 Å². The maximum atomic E-state index is 12.0. The highest BCUT2D eigenvalue weighted by Gasteiger charge is 2.24. The lowest BCUT2D eigenvalue weighted by Gasteiger charge is -2.21. The molecule has 1 aromatic carbocycles. The normalized spacial score (nSPS) is 20.1. The van der Waals surface area contributed by atoms with Crippen LogP contribution >= 0.6 is 11.8 Å². The number of aliphatic carboxylic acids is 1. The Kier molecular flexibility index (Phi) is 5.47. The quantitative estimate of drug-likeness (QED) is 0.872. The van der Waals surface area contributed by atoms with Gasteiger partial charge in [0.25, 0.3) is 0 Å². The third-order valence-corrected chi connectivity index (χ3v) is 4.73. The van der Waals surface area contributed by atoms with E-state index in [9.17, 15) is 14.7 Å². The number of thioether (sulfide) groups is 1. The molecular weight excluding hydrogens is 274 g/mol. The van der Waals surface area contributed by atoms with Gasteiger partial charge in [-0.05, 0) is 24.2 Å². The second-order valence-corrected chi connectivity index (χ2v) is 6.11. The van der Waals surface area contributed by atoms with Gasteiger partial charge in [-0.25, -0.2) is 0 Å². The van der Waals surface area contributed by atoms with Crippen LogP contribution in [0.2, 0.25) is 0 Å². The molecule has 1 aromatic rings. The summed E-state index contributed by atoms with van der Waals surface area (Å²) in [5.74, 6) is 0.379. The van der Waals surface area contributed by atoms with Crippen LogP contribution in [-0.2, 0) is 9.59 Å². The summed E-state index contributed by atoms with van der Waals surface area (Å²) in [6, 6.07) is 9.03. The summed E-state index contributed by atoms with van der Waals surface area (Å²) in [7, 11) is 0. The summed E-state index contributed by atoms with van der Waals surface area (Å²) in [5.41, 5.74) is 0.721. The van der Waals surface area contributed by atoms with Crippen LogP contribution in [0.25, 0.3) is 0 Å². The van der Waals surface area contributed by atoms with Gasteiger partial charge in [0, 0.05) is 18.2 Å². The number of benzene rings is 1. The van der Waals surface area contributed by atoms with Gasteiger partial charge in [-0.1, -0.05) is 30.3 Å². The number of carboxylic acid groups (broad SMARTS) is 1. The number of amides is 1. The molecule has 4 nitrogen and oxygen atoms in total. The van der Waals surface area contributed by atoms with Crippen molar-refractivity contribution in [1.29, 1.82) is 0 Å². The summed E-state index contributed by atoms with van der Waals surface area (Å²) < 4.78 is 0. The second kappa shape index (κ2) is 7.33. The van der Waals surface area contributed by atoms with E-state index in [-0.39, 0.29) is 18.4 Å². The SMILES string of the molecule is O=C(NCC(C(=O)O)c1ccccc1)C1CCCSC1. The van der Waals surface area contributed by atoms with Crippen molar-refractivity contribution in [2.75, 3.05) is 18.1 Å². The molecular formula is C15H19NO3S. The summed E-state index contributed by atoms with van der Waals surface area (Å²) >= 11 is 1.79. The van der Waals surface area contributed by atoms with Gasteiger partial charge in [-0.15, -0.1) is 0 Å². The summed E-state index contributed by atoms with van der Waals surface area (Å²) in [5, 5.41) is 12.1. The van der Waals surface area contributed by atoms with Crippen LogP contribution in [0.15, 0.2) is 30.3 Å². The minimum Gasteiger partial charge on any atom is -0.481 e. The third-order valence-electron chi connectivity index (χ3n) is 3.51. The first-order valence-corrected chi connectivity index (χ1v) is 7.97. The highest BCUT2D eigenvalue weighted by molar-refractivity contribution is 7.99.